The van der Waals surface area contributed by atoms with Crippen molar-refractivity contribution in [2.24, 2.45) is 0 Å². The molecule has 0 radical (unpaired) electrons. The molecule has 0 atom stereocenters. The van der Waals surface area contributed by atoms with Crippen LogP contribution in [0.1, 0.15) is 30.9 Å². The van der Waals surface area contributed by atoms with Crippen molar-refractivity contribution in [1.29, 1.82) is 0 Å². The van der Waals surface area contributed by atoms with Gasteiger partial charge in [-0.2, -0.15) is 0 Å². The molecule has 23 heavy (non-hydrogen) atoms. The Balaban J connectivity index is 1.83. The maximum Gasteiger partial charge on any atom is 0.142 e. The van der Waals surface area contributed by atoms with E-state index in [-0.39, 0.29) is 0 Å². The summed E-state index contributed by atoms with van der Waals surface area (Å²) in [7, 11) is 2.14. The van der Waals surface area contributed by atoms with Crippen LogP contribution in [0.2, 0.25) is 0 Å². The number of ether oxygens (including phenoxy) is 1. The second-order valence-corrected chi connectivity index (χ2v) is 6.08. The van der Waals surface area contributed by atoms with Crippen LogP contribution in [-0.4, -0.2) is 20.2 Å². The summed E-state index contributed by atoms with van der Waals surface area (Å²) in [5.74, 6) is 0.798. The second-order valence-electron chi connectivity index (χ2n) is 6.08. The molecule has 2 rings (SSSR count). The van der Waals surface area contributed by atoms with E-state index in [1.165, 1.54) is 16.8 Å². The fourth-order valence-corrected chi connectivity index (χ4v) is 2.55. The van der Waals surface area contributed by atoms with Gasteiger partial charge in [0.1, 0.15) is 5.75 Å². The third-order valence-electron chi connectivity index (χ3n) is 3.97. The molecule has 0 aliphatic carbocycles. The third kappa shape index (κ3) is 5.20. The maximum absolute atomic E-state index is 6.06. The van der Waals surface area contributed by atoms with Crippen LogP contribution < -0.4 is 15.4 Å². The molecule has 0 spiro atoms. The smallest absolute Gasteiger partial charge is 0.142 e. The number of rotatable bonds is 8. The number of benzene rings is 2. The molecular weight excluding hydrogens is 284 g/mol. The molecule has 124 valence electrons. The Labute approximate surface area is 140 Å². The molecule has 2 N–H and O–H groups in total. The van der Waals surface area contributed by atoms with Crippen LogP contribution in [0.5, 0.6) is 5.75 Å². The van der Waals surface area contributed by atoms with Gasteiger partial charge in [-0.05, 0) is 56.0 Å². The molecule has 0 heterocycles. The van der Waals surface area contributed by atoms with Crippen molar-refractivity contribution in [2.45, 2.75) is 33.1 Å². The van der Waals surface area contributed by atoms with Crippen LogP contribution in [0, 0.1) is 6.92 Å². The van der Waals surface area contributed by atoms with Gasteiger partial charge < -0.3 is 15.4 Å². The van der Waals surface area contributed by atoms with Crippen molar-refractivity contribution in [3.8, 4) is 5.75 Å². The van der Waals surface area contributed by atoms with Crippen LogP contribution in [0.4, 0.5) is 11.4 Å². The molecule has 3 nitrogen and oxygen atoms in total. The van der Waals surface area contributed by atoms with Crippen molar-refractivity contribution in [3.63, 3.8) is 0 Å². The van der Waals surface area contributed by atoms with Gasteiger partial charge in [-0.25, -0.2) is 0 Å². The molecule has 0 fully saturated rings. The van der Waals surface area contributed by atoms with Crippen molar-refractivity contribution in [1.82, 2.24) is 0 Å². The van der Waals surface area contributed by atoms with Gasteiger partial charge in [-0.3, -0.25) is 0 Å². The maximum atomic E-state index is 6.06. The Morgan fingerprint density at radius 3 is 2.48 bits per heavy atom. The minimum Gasteiger partial charge on any atom is -0.491 e. The van der Waals surface area contributed by atoms with Gasteiger partial charge in [0.05, 0.1) is 12.3 Å². The summed E-state index contributed by atoms with van der Waals surface area (Å²) in [5, 5.41) is 0. The largest absolute Gasteiger partial charge is 0.491 e. The summed E-state index contributed by atoms with van der Waals surface area (Å²) in [5.41, 5.74) is 10.6. The summed E-state index contributed by atoms with van der Waals surface area (Å²) in [6.07, 6.45) is 3.11. The summed E-state index contributed by atoms with van der Waals surface area (Å²) < 4.78 is 5.62. The second kappa shape index (κ2) is 8.47. The quantitative estimate of drug-likeness (QED) is 0.733. The molecule has 0 saturated heterocycles. The average molecular weight is 312 g/mol. The number of hydrogen-bond donors (Lipinski definition) is 1. The van der Waals surface area contributed by atoms with Gasteiger partial charge in [0.25, 0.3) is 0 Å². The van der Waals surface area contributed by atoms with E-state index in [2.05, 4.69) is 56.1 Å². The highest BCUT2D eigenvalue weighted by molar-refractivity contribution is 5.54. The minimum atomic E-state index is 0.713. The highest BCUT2D eigenvalue weighted by Crippen LogP contribution is 2.23. The number of aryl methyl sites for hydroxylation is 2. The number of nitrogen functional groups attached to an aromatic ring is 1. The Morgan fingerprint density at radius 1 is 1.09 bits per heavy atom. The van der Waals surface area contributed by atoms with Gasteiger partial charge in [-0.15, -0.1) is 0 Å². The van der Waals surface area contributed by atoms with Crippen LogP contribution >= 0.6 is 0 Å². The Morgan fingerprint density at radius 2 is 1.83 bits per heavy atom. The molecular formula is C20H28N2O. The van der Waals surface area contributed by atoms with E-state index in [4.69, 9.17) is 10.5 Å². The fraction of sp³-hybridized carbons (Fsp3) is 0.400. The summed E-state index contributed by atoms with van der Waals surface area (Å²) >= 11 is 0. The first-order valence-electron chi connectivity index (χ1n) is 8.39. The fourth-order valence-electron chi connectivity index (χ4n) is 2.55. The lowest BCUT2D eigenvalue weighted by molar-refractivity contribution is 0.319. The lowest BCUT2D eigenvalue weighted by atomic mass is 10.1. The molecule has 0 aromatic heterocycles. The first-order chi connectivity index (χ1) is 11.1. The van der Waals surface area contributed by atoms with E-state index in [0.717, 1.165) is 37.2 Å². The molecule has 0 unspecified atom stereocenters. The first kappa shape index (κ1) is 17.2. The molecule has 0 aliphatic heterocycles. The molecule has 2 aromatic carbocycles. The van der Waals surface area contributed by atoms with Gasteiger partial charge >= 0.3 is 0 Å². The number of hydrogen-bond acceptors (Lipinski definition) is 3. The zero-order valence-electron chi connectivity index (χ0n) is 14.5. The molecule has 0 saturated carbocycles. The van der Waals surface area contributed by atoms with Gasteiger partial charge in [-0.1, -0.05) is 30.7 Å². The Kier molecular flexibility index (Phi) is 6.33. The minimum absolute atomic E-state index is 0.713. The molecule has 2 aromatic rings. The standard InChI is InChI=1S/C20H28N2O/c1-4-14-23-20-12-9-17(15-19(20)21)6-5-13-22(3)18-10-7-16(2)8-11-18/h7-12,15H,4-6,13-14,21H2,1-3H3. The number of nitrogens with zero attached hydrogens (tertiary/aromatic N) is 1. The average Bonchev–Trinajstić information content (AvgIpc) is 2.54. The summed E-state index contributed by atoms with van der Waals surface area (Å²) in [6, 6.07) is 14.8. The third-order valence-corrected chi connectivity index (χ3v) is 3.97. The van der Waals surface area contributed by atoms with Crippen LogP contribution in [0.3, 0.4) is 0 Å². The van der Waals surface area contributed by atoms with E-state index >= 15 is 0 Å². The molecule has 0 bridgehead atoms. The number of nitrogens with two attached hydrogens (primary N) is 1. The summed E-state index contributed by atoms with van der Waals surface area (Å²) in [6.45, 7) is 5.94. The monoisotopic (exact) mass is 312 g/mol. The van der Waals surface area contributed by atoms with E-state index in [1.807, 2.05) is 12.1 Å². The van der Waals surface area contributed by atoms with Crippen LogP contribution in [0.15, 0.2) is 42.5 Å². The zero-order valence-corrected chi connectivity index (χ0v) is 14.5. The predicted molar refractivity (Wildman–Crippen MR) is 99.4 cm³/mol. The van der Waals surface area contributed by atoms with Crippen LogP contribution in [-0.2, 0) is 6.42 Å². The van der Waals surface area contributed by atoms with E-state index in [0.29, 0.717) is 6.61 Å². The van der Waals surface area contributed by atoms with Crippen molar-refractivity contribution < 1.29 is 4.74 Å². The topological polar surface area (TPSA) is 38.5 Å². The van der Waals surface area contributed by atoms with E-state index < -0.39 is 0 Å². The highest BCUT2D eigenvalue weighted by Gasteiger charge is 2.04. The SMILES string of the molecule is CCCOc1ccc(CCCN(C)c2ccc(C)cc2)cc1N. The van der Waals surface area contributed by atoms with Gasteiger partial charge in [0.2, 0.25) is 0 Å². The van der Waals surface area contributed by atoms with Crippen molar-refractivity contribution in [2.75, 3.05) is 30.8 Å². The Hall–Kier alpha value is -2.16. The first-order valence-corrected chi connectivity index (χ1v) is 8.39. The van der Waals surface area contributed by atoms with Crippen molar-refractivity contribution >= 4 is 11.4 Å². The molecule has 3 heteroatoms. The number of anilines is 2. The predicted octanol–water partition coefficient (Wildman–Crippen LogP) is 4.44. The highest BCUT2D eigenvalue weighted by atomic mass is 16.5. The van der Waals surface area contributed by atoms with Gasteiger partial charge in [0, 0.05) is 19.3 Å². The molecule has 0 aliphatic rings. The van der Waals surface area contributed by atoms with Crippen LogP contribution in [0.25, 0.3) is 0 Å². The molecule has 0 amide bonds. The normalized spacial score (nSPS) is 10.6. The van der Waals surface area contributed by atoms with E-state index in [1.54, 1.807) is 0 Å². The van der Waals surface area contributed by atoms with Crippen molar-refractivity contribution in [3.05, 3.63) is 53.6 Å². The van der Waals surface area contributed by atoms with E-state index in [9.17, 15) is 0 Å². The summed E-state index contributed by atoms with van der Waals surface area (Å²) in [4.78, 5) is 2.29. The lowest BCUT2D eigenvalue weighted by Crippen LogP contribution is -2.18. The lowest BCUT2D eigenvalue weighted by Gasteiger charge is -2.19. The van der Waals surface area contributed by atoms with Gasteiger partial charge in [0.15, 0.2) is 0 Å². The Bertz CT molecular complexity index is 608. The zero-order chi connectivity index (χ0) is 16.7.